The van der Waals surface area contributed by atoms with E-state index in [1.54, 1.807) is 55.6 Å². The van der Waals surface area contributed by atoms with Gasteiger partial charge in [-0.25, -0.2) is 0 Å². The number of nitrogens with one attached hydrogen (secondary N) is 1. The summed E-state index contributed by atoms with van der Waals surface area (Å²) in [5.41, 5.74) is 19.2. The van der Waals surface area contributed by atoms with Crippen molar-refractivity contribution in [1.82, 2.24) is 0 Å². The third-order valence-electron chi connectivity index (χ3n) is 5.88. The Kier molecular flexibility index (Phi) is 23.2. The van der Waals surface area contributed by atoms with E-state index in [-0.39, 0.29) is 12.3 Å². The number of aldehydes is 1. The Hall–Kier alpha value is -4.58. The topological polar surface area (TPSA) is 208 Å². The molecule has 1 atom stereocenters. The summed E-state index contributed by atoms with van der Waals surface area (Å²) in [7, 11) is 1.58. The fourth-order valence-corrected chi connectivity index (χ4v) is 3.46. The zero-order chi connectivity index (χ0) is 33.9. The van der Waals surface area contributed by atoms with E-state index in [4.69, 9.17) is 32.2 Å². The summed E-state index contributed by atoms with van der Waals surface area (Å²) in [5, 5.41) is 19.5. The molecule has 0 saturated heterocycles. The first kappa shape index (κ1) is 40.4. The van der Waals surface area contributed by atoms with Gasteiger partial charge in [0, 0.05) is 17.7 Å². The molecule has 11 nitrogen and oxygen atoms in total. The molecule has 0 unspecified atom stereocenters. The Balaban J connectivity index is 0.000000582. The van der Waals surface area contributed by atoms with Crippen LogP contribution in [-0.4, -0.2) is 60.6 Å². The van der Waals surface area contributed by atoms with Gasteiger partial charge in [0.15, 0.2) is 0 Å². The van der Waals surface area contributed by atoms with Crippen molar-refractivity contribution in [1.29, 1.82) is 0 Å². The zero-order valence-corrected chi connectivity index (χ0v) is 26.2. The van der Waals surface area contributed by atoms with Crippen molar-refractivity contribution in [3.63, 3.8) is 0 Å². The molecule has 0 radical (unpaired) electrons. The minimum absolute atomic E-state index is 0.00588. The van der Waals surface area contributed by atoms with Gasteiger partial charge in [0.2, 0.25) is 5.91 Å². The van der Waals surface area contributed by atoms with E-state index in [9.17, 15) is 19.2 Å². The van der Waals surface area contributed by atoms with Crippen LogP contribution in [0.1, 0.15) is 60.5 Å². The molecule has 3 rings (SSSR count). The Bertz CT molecular complexity index is 1220. The predicted molar refractivity (Wildman–Crippen MR) is 177 cm³/mol. The quantitative estimate of drug-likeness (QED) is 0.111. The summed E-state index contributed by atoms with van der Waals surface area (Å²) < 4.78 is 4.93. The molecule has 0 spiro atoms. The Morgan fingerprint density at radius 1 is 0.867 bits per heavy atom. The molecule has 0 aliphatic heterocycles. The minimum atomic E-state index is -0.933. The maximum Gasteiger partial charge on any atom is 0.320 e. The standard InChI is InChI=1S/C11H13NO2.C9H10O3.C8H11N.C6H14N2O2/c1-2-3-11(14)12-10-6-4-9(8-13)5-7-10;1-12-8-4-2-7(3-5-8)6-9(10)11;9-7-6-8-4-2-1-3-5-8;7-4-2-1-3-5(8)6(9)10/h4-8H,2-3H2,1H3,(H,12,14);2-5H,6H2,1H3,(H,10,11);1-5H,6-7,9H2;5H,1-4,7-8H2,(H,9,10)/t;;;5-/m...0/s1. The summed E-state index contributed by atoms with van der Waals surface area (Å²) in [5.74, 6) is -1.01. The number of carbonyl (C=O) groups is 4. The fraction of sp³-hybridized carbons (Fsp3) is 0.353. The number of methoxy groups -OCH3 is 1. The van der Waals surface area contributed by atoms with Crippen molar-refractivity contribution in [2.45, 2.75) is 57.9 Å². The lowest BCUT2D eigenvalue weighted by Crippen LogP contribution is -2.29. The molecular formula is C34H48N4O7. The number of hydrogen-bond donors (Lipinski definition) is 6. The van der Waals surface area contributed by atoms with E-state index in [1.807, 2.05) is 25.1 Å². The van der Waals surface area contributed by atoms with Crippen molar-refractivity contribution in [3.8, 4) is 5.75 Å². The number of aliphatic carboxylic acids is 2. The second kappa shape index (κ2) is 25.9. The smallest absolute Gasteiger partial charge is 0.320 e. The average Bonchev–Trinajstić information content (AvgIpc) is 3.03. The van der Waals surface area contributed by atoms with Crippen molar-refractivity contribution in [2.75, 3.05) is 25.5 Å². The third kappa shape index (κ3) is 21.7. The molecule has 45 heavy (non-hydrogen) atoms. The van der Waals surface area contributed by atoms with Crippen LogP contribution >= 0.6 is 0 Å². The highest BCUT2D eigenvalue weighted by atomic mass is 16.5. The number of hydrogen-bond acceptors (Lipinski definition) is 8. The van der Waals surface area contributed by atoms with Gasteiger partial charge in [-0.2, -0.15) is 0 Å². The second-order valence-corrected chi connectivity index (χ2v) is 9.71. The summed E-state index contributed by atoms with van der Waals surface area (Å²) >= 11 is 0. The molecule has 0 aromatic heterocycles. The highest BCUT2D eigenvalue weighted by molar-refractivity contribution is 5.91. The van der Waals surface area contributed by atoms with Gasteiger partial charge in [-0.05, 0) is 86.3 Å². The molecule has 0 aliphatic rings. The molecule has 0 saturated carbocycles. The van der Waals surface area contributed by atoms with Crippen LogP contribution in [0.15, 0.2) is 78.9 Å². The molecule has 0 bridgehead atoms. The molecule has 0 fully saturated rings. The van der Waals surface area contributed by atoms with E-state index < -0.39 is 18.0 Å². The first-order chi connectivity index (χ1) is 21.6. The Morgan fingerprint density at radius 2 is 1.49 bits per heavy atom. The summed E-state index contributed by atoms with van der Waals surface area (Å²) in [4.78, 5) is 42.0. The van der Waals surface area contributed by atoms with Crippen LogP contribution in [0.4, 0.5) is 5.69 Å². The summed E-state index contributed by atoms with van der Waals surface area (Å²) in [6.07, 6.45) is 5.34. The predicted octanol–water partition coefficient (Wildman–Crippen LogP) is 4.28. The van der Waals surface area contributed by atoms with Crippen LogP contribution in [0.2, 0.25) is 0 Å². The van der Waals surface area contributed by atoms with E-state index in [2.05, 4.69) is 17.4 Å². The van der Waals surface area contributed by atoms with Crippen LogP contribution in [-0.2, 0) is 27.2 Å². The van der Waals surface area contributed by atoms with Crippen molar-refractivity contribution < 1.29 is 34.1 Å². The third-order valence-corrected chi connectivity index (χ3v) is 5.88. The highest BCUT2D eigenvalue weighted by Crippen LogP contribution is 2.11. The molecule has 246 valence electrons. The molecule has 3 aromatic rings. The van der Waals surface area contributed by atoms with Gasteiger partial charge in [-0.3, -0.25) is 19.2 Å². The number of unbranched alkanes of at least 4 members (excludes halogenated alkanes) is 1. The number of anilines is 1. The molecule has 3 aromatic carbocycles. The number of nitrogens with two attached hydrogens (primary N) is 3. The van der Waals surface area contributed by atoms with Gasteiger partial charge in [0.05, 0.1) is 13.5 Å². The summed E-state index contributed by atoms with van der Waals surface area (Å²) in [6, 6.07) is 23.3. The average molecular weight is 625 g/mol. The van der Waals surface area contributed by atoms with Gasteiger partial charge in [0.1, 0.15) is 18.1 Å². The fourth-order valence-electron chi connectivity index (χ4n) is 3.46. The molecule has 9 N–H and O–H groups in total. The lowest BCUT2D eigenvalue weighted by atomic mass is 10.1. The van der Waals surface area contributed by atoms with Crippen LogP contribution in [0, 0.1) is 0 Å². The first-order valence-corrected chi connectivity index (χ1v) is 14.7. The van der Waals surface area contributed by atoms with Crippen molar-refractivity contribution >= 4 is 29.8 Å². The maximum absolute atomic E-state index is 11.2. The van der Waals surface area contributed by atoms with Gasteiger partial charge >= 0.3 is 11.9 Å². The first-order valence-electron chi connectivity index (χ1n) is 14.7. The van der Waals surface area contributed by atoms with E-state index >= 15 is 0 Å². The second-order valence-electron chi connectivity index (χ2n) is 9.71. The number of carboxylic acids is 2. The van der Waals surface area contributed by atoms with E-state index in [0.29, 0.717) is 24.9 Å². The largest absolute Gasteiger partial charge is 0.497 e. The Morgan fingerprint density at radius 3 is 1.96 bits per heavy atom. The van der Waals surface area contributed by atoms with E-state index in [1.165, 1.54) is 5.56 Å². The molecule has 11 heteroatoms. The number of carbonyl (C=O) groups excluding carboxylic acids is 2. The molecule has 1 amide bonds. The monoisotopic (exact) mass is 624 g/mol. The van der Waals surface area contributed by atoms with Gasteiger partial charge in [-0.15, -0.1) is 0 Å². The van der Waals surface area contributed by atoms with E-state index in [0.717, 1.165) is 55.5 Å². The molecule has 0 heterocycles. The van der Waals surface area contributed by atoms with Gasteiger partial charge in [0.25, 0.3) is 0 Å². The number of carboxylic acid groups (broad SMARTS) is 2. The number of ether oxygens (including phenoxy) is 1. The summed E-state index contributed by atoms with van der Waals surface area (Å²) in [6.45, 7) is 3.30. The van der Waals surface area contributed by atoms with Gasteiger partial charge < -0.3 is 37.5 Å². The Labute approximate surface area is 265 Å². The lowest BCUT2D eigenvalue weighted by molar-refractivity contribution is -0.139. The van der Waals surface area contributed by atoms with Crippen LogP contribution in [0.3, 0.4) is 0 Å². The minimum Gasteiger partial charge on any atom is -0.497 e. The normalized spacial score (nSPS) is 10.2. The van der Waals surface area contributed by atoms with Crippen LogP contribution in [0.5, 0.6) is 5.75 Å². The number of amides is 1. The van der Waals surface area contributed by atoms with Crippen molar-refractivity contribution in [2.24, 2.45) is 17.2 Å². The van der Waals surface area contributed by atoms with Crippen LogP contribution < -0.4 is 27.3 Å². The highest BCUT2D eigenvalue weighted by Gasteiger charge is 2.09. The maximum atomic E-state index is 11.2. The number of rotatable bonds is 14. The molecule has 0 aliphatic carbocycles. The van der Waals surface area contributed by atoms with Crippen LogP contribution in [0.25, 0.3) is 0 Å². The number of benzene rings is 3. The molecular weight excluding hydrogens is 576 g/mol. The van der Waals surface area contributed by atoms with Gasteiger partial charge in [-0.1, -0.05) is 55.8 Å². The zero-order valence-electron chi connectivity index (χ0n) is 26.2. The SMILES string of the molecule is CCCC(=O)Nc1ccc(C=O)cc1.COc1ccc(CC(=O)O)cc1.NCCCC[C@H](N)C(=O)O.NCCc1ccccc1. The van der Waals surface area contributed by atoms with Crippen molar-refractivity contribution in [3.05, 3.63) is 95.6 Å². The lowest BCUT2D eigenvalue weighted by Gasteiger charge is -2.03.